The van der Waals surface area contributed by atoms with Crippen molar-refractivity contribution in [2.45, 2.75) is 45.1 Å². The highest BCUT2D eigenvalue weighted by Gasteiger charge is 2.36. The summed E-state index contributed by atoms with van der Waals surface area (Å²) in [5.74, 6) is 0.891. The highest BCUT2D eigenvalue weighted by atomic mass is 16.5. The Morgan fingerprint density at radius 3 is 2.89 bits per heavy atom. The number of carbonyl (C=O) groups is 1. The molecule has 2 aliphatic rings. The third-order valence-electron chi connectivity index (χ3n) is 4.51. The molecule has 1 aliphatic carbocycles. The van der Waals surface area contributed by atoms with Crippen LogP contribution in [-0.4, -0.2) is 43.2 Å². The number of carbonyl (C=O) groups excluding carboxylic acids is 1. The van der Waals surface area contributed by atoms with E-state index in [2.05, 4.69) is 11.8 Å². The van der Waals surface area contributed by atoms with E-state index in [-0.39, 0.29) is 12.0 Å². The van der Waals surface area contributed by atoms with Crippen molar-refractivity contribution in [2.75, 3.05) is 26.3 Å². The number of nitrogens with zero attached hydrogens (tertiary/aromatic N) is 1. The number of nitrogens with two attached hydrogens (primary N) is 1. The molecule has 4 nitrogen and oxygen atoms in total. The van der Waals surface area contributed by atoms with Gasteiger partial charge in [0.25, 0.3) is 0 Å². The fraction of sp³-hybridized carbons (Fsp3) is 0.929. The van der Waals surface area contributed by atoms with Crippen molar-refractivity contribution in [3.63, 3.8) is 0 Å². The Morgan fingerprint density at radius 2 is 2.17 bits per heavy atom. The molecule has 1 aliphatic heterocycles. The molecule has 1 saturated heterocycles. The topological polar surface area (TPSA) is 55.6 Å². The highest BCUT2D eigenvalue weighted by Crippen LogP contribution is 2.31. The zero-order valence-corrected chi connectivity index (χ0v) is 11.4. The summed E-state index contributed by atoms with van der Waals surface area (Å²) in [6.07, 6.45) is 5.52. The van der Waals surface area contributed by atoms with Crippen molar-refractivity contribution in [2.24, 2.45) is 17.6 Å². The molecule has 2 fully saturated rings. The van der Waals surface area contributed by atoms with Crippen LogP contribution in [0.15, 0.2) is 0 Å². The van der Waals surface area contributed by atoms with Crippen molar-refractivity contribution in [3.8, 4) is 0 Å². The maximum atomic E-state index is 12.7. The Labute approximate surface area is 110 Å². The van der Waals surface area contributed by atoms with Gasteiger partial charge in [-0.15, -0.1) is 0 Å². The maximum Gasteiger partial charge on any atom is 0.226 e. The Hall–Kier alpha value is -0.610. The van der Waals surface area contributed by atoms with Gasteiger partial charge in [-0.3, -0.25) is 4.79 Å². The first-order valence-corrected chi connectivity index (χ1v) is 7.36. The van der Waals surface area contributed by atoms with Gasteiger partial charge >= 0.3 is 0 Å². The second kappa shape index (κ2) is 6.53. The first-order chi connectivity index (χ1) is 8.77. The van der Waals surface area contributed by atoms with Gasteiger partial charge in [0.2, 0.25) is 5.91 Å². The van der Waals surface area contributed by atoms with E-state index in [1.807, 2.05) is 0 Å². The van der Waals surface area contributed by atoms with Crippen LogP contribution in [0.5, 0.6) is 0 Å². The summed E-state index contributed by atoms with van der Waals surface area (Å²) < 4.78 is 5.48. The van der Waals surface area contributed by atoms with Crippen molar-refractivity contribution in [1.82, 2.24) is 4.90 Å². The minimum absolute atomic E-state index is 0.163. The van der Waals surface area contributed by atoms with E-state index in [1.165, 1.54) is 12.8 Å². The summed E-state index contributed by atoms with van der Waals surface area (Å²) >= 11 is 0. The molecule has 0 aromatic heterocycles. The summed E-state index contributed by atoms with van der Waals surface area (Å²) in [5.41, 5.74) is 5.83. The van der Waals surface area contributed by atoms with E-state index in [9.17, 15) is 4.79 Å². The molecule has 2 N–H and O–H groups in total. The molecule has 0 aromatic rings. The number of morpholine rings is 1. The van der Waals surface area contributed by atoms with E-state index in [0.717, 1.165) is 25.8 Å². The molecule has 3 unspecified atom stereocenters. The third kappa shape index (κ3) is 2.86. The summed E-state index contributed by atoms with van der Waals surface area (Å²) in [6, 6.07) is 0.270. The quantitative estimate of drug-likeness (QED) is 0.828. The van der Waals surface area contributed by atoms with Gasteiger partial charge in [0.05, 0.1) is 19.3 Å². The van der Waals surface area contributed by atoms with E-state index >= 15 is 0 Å². The van der Waals surface area contributed by atoms with Crippen molar-refractivity contribution >= 4 is 5.91 Å². The summed E-state index contributed by atoms with van der Waals surface area (Å²) in [4.78, 5) is 14.8. The molecule has 0 spiro atoms. The van der Waals surface area contributed by atoms with E-state index < -0.39 is 0 Å². The molecule has 0 bridgehead atoms. The van der Waals surface area contributed by atoms with Crippen LogP contribution in [0.3, 0.4) is 0 Å². The lowest BCUT2D eigenvalue weighted by Crippen LogP contribution is -2.52. The van der Waals surface area contributed by atoms with Crippen LogP contribution in [-0.2, 0) is 9.53 Å². The maximum absolute atomic E-state index is 12.7. The molecule has 0 aromatic carbocycles. The molecule has 1 saturated carbocycles. The minimum atomic E-state index is 0.163. The van der Waals surface area contributed by atoms with Gasteiger partial charge in [-0.25, -0.2) is 0 Å². The Kier molecular flexibility index (Phi) is 5.01. The minimum Gasteiger partial charge on any atom is -0.377 e. The molecule has 104 valence electrons. The van der Waals surface area contributed by atoms with Gasteiger partial charge in [0.15, 0.2) is 0 Å². The van der Waals surface area contributed by atoms with Crippen LogP contribution in [0, 0.1) is 11.8 Å². The lowest BCUT2D eigenvalue weighted by Gasteiger charge is -2.40. The number of hydrogen-bond acceptors (Lipinski definition) is 3. The molecule has 1 heterocycles. The van der Waals surface area contributed by atoms with Crippen molar-refractivity contribution < 1.29 is 9.53 Å². The zero-order valence-electron chi connectivity index (χ0n) is 11.4. The molecule has 1 amide bonds. The molecule has 18 heavy (non-hydrogen) atoms. The number of hydrogen-bond donors (Lipinski definition) is 1. The monoisotopic (exact) mass is 254 g/mol. The van der Waals surface area contributed by atoms with Gasteiger partial charge < -0.3 is 15.4 Å². The number of amides is 1. The van der Waals surface area contributed by atoms with E-state index in [0.29, 0.717) is 31.6 Å². The van der Waals surface area contributed by atoms with Gasteiger partial charge in [-0.05, 0) is 31.7 Å². The lowest BCUT2D eigenvalue weighted by molar-refractivity contribution is -0.147. The lowest BCUT2D eigenvalue weighted by atomic mass is 9.78. The van der Waals surface area contributed by atoms with Gasteiger partial charge in [0, 0.05) is 12.5 Å². The van der Waals surface area contributed by atoms with Crippen molar-refractivity contribution in [3.05, 3.63) is 0 Å². The Balaban J connectivity index is 2.03. The summed E-state index contributed by atoms with van der Waals surface area (Å²) in [7, 11) is 0. The average molecular weight is 254 g/mol. The first kappa shape index (κ1) is 13.8. The number of ether oxygens (including phenoxy) is 1. The molecule has 2 rings (SSSR count). The molecular weight excluding hydrogens is 228 g/mol. The second-order valence-corrected chi connectivity index (χ2v) is 5.56. The van der Waals surface area contributed by atoms with Crippen LogP contribution in [0.1, 0.15) is 39.0 Å². The highest BCUT2D eigenvalue weighted by molar-refractivity contribution is 5.79. The zero-order chi connectivity index (χ0) is 13.0. The summed E-state index contributed by atoms with van der Waals surface area (Å²) in [6.45, 7) is 4.91. The van der Waals surface area contributed by atoms with Crippen molar-refractivity contribution in [1.29, 1.82) is 0 Å². The van der Waals surface area contributed by atoms with Crippen LogP contribution < -0.4 is 5.73 Å². The molecule has 3 atom stereocenters. The largest absolute Gasteiger partial charge is 0.377 e. The average Bonchev–Trinajstić information content (AvgIpc) is 2.46. The van der Waals surface area contributed by atoms with E-state index in [4.69, 9.17) is 10.5 Å². The molecule has 4 heteroatoms. The van der Waals surface area contributed by atoms with Gasteiger partial charge in [-0.2, -0.15) is 0 Å². The standard InChI is InChI=1S/C14H26N2O2/c1-2-12-10-18-8-7-16(12)14(17)13-6-4-3-5-11(13)9-15/h11-13H,2-10,15H2,1H3. The van der Waals surface area contributed by atoms with Crippen LogP contribution in [0.2, 0.25) is 0 Å². The van der Waals surface area contributed by atoms with Crippen LogP contribution in [0.4, 0.5) is 0 Å². The predicted octanol–water partition coefficient (Wildman–Crippen LogP) is 1.39. The van der Waals surface area contributed by atoms with E-state index in [1.54, 1.807) is 0 Å². The van der Waals surface area contributed by atoms with Gasteiger partial charge in [0.1, 0.15) is 0 Å². The fourth-order valence-corrected chi connectivity index (χ4v) is 3.31. The molecular formula is C14H26N2O2. The first-order valence-electron chi connectivity index (χ1n) is 7.36. The van der Waals surface area contributed by atoms with Crippen LogP contribution >= 0.6 is 0 Å². The predicted molar refractivity (Wildman–Crippen MR) is 71.1 cm³/mol. The van der Waals surface area contributed by atoms with Gasteiger partial charge in [-0.1, -0.05) is 19.8 Å². The Bertz CT molecular complexity index is 257. The van der Waals surface area contributed by atoms with Crippen LogP contribution in [0.25, 0.3) is 0 Å². The fourth-order valence-electron chi connectivity index (χ4n) is 3.31. The molecule has 0 radical (unpaired) electrons. The Morgan fingerprint density at radius 1 is 1.39 bits per heavy atom. The smallest absolute Gasteiger partial charge is 0.226 e. The SMILES string of the molecule is CCC1COCCN1C(=O)C1CCCCC1CN. The normalized spacial score (nSPS) is 33.4. The number of rotatable bonds is 3. The second-order valence-electron chi connectivity index (χ2n) is 5.56. The summed E-state index contributed by atoms with van der Waals surface area (Å²) in [5, 5.41) is 0. The third-order valence-corrected chi connectivity index (χ3v) is 4.51.